The van der Waals surface area contributed by atoms with Crippen molar-refractivity contribution >= 4 is 28.4 Å². The van der Waals surface area contributed by atoms with E-state index >= 15 is 0 Å². The largest absolute Gasteiger partial charge is 0.348 e. The molecule has 0 bridgehead atoms. The molecule has 1 amide bonds. The summed E-state index contributed by atoms with van der Waals surface area (Å²) in [5.41, 5.74) is 1.00. The number of fused-ring (bicyclic) bond motifs is 1. The number of nitrogens with one attached hydrogen (secondary N) is 1. The van der Waals surface area contributed by atoms with Gasteiger partial charge in [-0.2, -0.15) is 0 Å². The number of carbonyl (C=O) groups is 1. The van der Waals surface area contributed by atoms with Crippen LogP contribution in [0.1, 0.15) is 21.5 Å². The Hall–Kier alpha value is -3.78. The van der Waals surface area contributed by atoms with Crippen molar-refractivity contribution in [2.24, 2.45) is 7.05 Å². The lowest BCUT2D eigenvalue weighted by atomic mass is 10.1. The Kier molecular flexibility index (Phi) is 5.87. The molecule has 32 heavy (non-hydrogen) atoms. The molecule has 1 N–H and O–H groups in total. The van der Waals surface area contributed by atoms with Gasteiger partial charge in [0.25, 0.3) is 11.5 Å². The Bertz CT molecular complexity index is 1450. The Morgan fingerprint density at radius 2 is 1.81 bits per heavy atom. The number of aromatic nitrogens is 3. The number of nitrogens with zero attached hydrogens (tertiary/aromatic N) is 3. The fraction of sp³-hybridized carbons (Fsp3) is 0.130. The van der Waals surface area contributed by atoms with Gasteiger partial charge in [-0.05, 0) is 53.6 Å². The van der Waals surface area contributed by atoms with Crippen molar-refractivity contribution in [3.8, 4) is 0 Å². The summed E-state index contributed by atoms with van der Waals surface area (Å²) < 4.78 is 15.8. The molecule has 0 aliphatic heterocycles. The fourth-order valence-corrected chi connectivity index (χ4v) is 3.61. The van der Waals surface area contributed by atoms with Crippen LogP contribution < -0.4 is 16.6 Å². The maximum absolute atomic E-state index is 13.5. The molecule has 0 saturated carbocycles. The minimum atomic E-state index is -0.586. The number of hydrogen-bond donors (Lipinski definition) is 1. The van der Waals surface area contributed by atoms with Crippen LogP contribution in [0.25, 0.3) is 10.9 Å². The van der Waals surface area contributed by atoms with E-state index < -0.39 is 17.1 Å². The Morgan fingerprint density at radius 1 is 1.06 bits per heavy atom. The first-order chi connectivity index (χ1) is 15.3. The second kappa shape index (κ2) is 8.76. The van der Waals surface area contributed by atoms with Crippen molar-refractivity contribution in [2.45, 2.75) is 13.1 Å². The quantitative estimate of drug-likeness (QED) is 0.504. The predicted octanol–water partition coefficient (Wildman–Crippen LogP) is 2.87. The highest BCUT2D eigenvalue weighted by molar-refractivity contribution is 6.30. The molecule has 7 nitrogen and oxygen atoms in total. The molecule has 4 aromatic rings. The van der Waals surface area contributed by atoms with E-state index in [-0.39, 0.29) is 22.9 Å². The molecule has 0 fully saturated rings. The van der Waals surface area contributed by atoms with Gasteiger partial charge in [-0.1, -0.05) is 17.7 Å². The van der Waals surface area contributed by atoms with Crippen LogP contribution in [-0.4, -0.2) is 20.0 Å². The van der Waals surface area contributed by atoms with Gasteiger partial charge >= 0.3 is 5.69 Å². The predicted molar refractivity (Wildman–Crippen MR) is 119 cm³/mol. The molecule has 2 aromatic carbocycles. The van der Waals surface area contributed by atoms with Crippen molar-refractivity contribution in [2.75, 3.05) is 0 Å². The average molecular weight is 453 g/mol. The van der Waals surface area contributed by atoms with E-state index in [0.717, 1.165) is 10.1 Å². The monoisotopic (exact) mass is 452 g/mol. The normalized spacial score (nSPS) is 11.0. The van der Waals surface area contributed by atoms with Gasteiger partial charge in [0.15, 0.2) is 0 Å². The van der Waals surface area contributed by atoms with E-state index in [0.29, 0.717) is 23.2 Å². The summed E-state index contributed by atoms with van der Waals surface area (Å²) in [5.74, 6) is -0.939. The van der Waals surface area contributed by atoms with Gasteiger partial charge in [-0.25, -0.2) is 9.18 Å². The van der Waals surface area contributed by atoms with Crippen molar-refractivity contribution in [3.05, 3.63) is 109 Å². The van der Waals surface area contributed by atoms with Gasteiger partial charge in [-0.15, -0.1) is 0 Å². The molecule has 0 saturated heterocycles. The summed E-state index contributed by atoms with van der Waals surface area (Å²) in [6, 6.07) is 12.2. The first-order valence-electron chi connectivity index (χ1n) is 9.70. The summed E-state index contributed by atoms with van der Waals surface area (Å²) >= 11 is 5.82. The van der Waals surface area contributed by atoms with Crippen LogP contribution in [0.4, 0.5) is 4.39 Å². The zero-order chi connectivity index (χ0) is 22.8. The Labute approximate surface area is 186 Å². The maximum atomic E-state index is 13.5. The molecule has 2 heterocycles. The van der Waals surface area contributed by atoms with Gasteiger partial charge < -0.3 is 5.32 Å². The van der Waals surface area contributed by atoms with E-state index in [1.54, 1.807) is 43.7 Å². The molecule has 0 aliphatic carbocycles. The van der Waals surface area contributed by atoms with Crippen molar-refractivity contribution in [1.29, 1.82) is 0 Å². The molecular weight excluding hydrogens is 435 g/mol. The molecular formula is C23H18ClFN4O3. The standard InChI is InChI=1S/C23H18ClFN4O3/c1-28-20-5-3-16(21(30)27-12-14-6-8-26-9-7-14)11-17(20)22(31)29(23(28)32)13-15-2-4-19(25)18(24)10-15/h2-11H,12-13H2,1H3,(H,27,30). The van der Waals surface area contributed by atoms with E-state index in [1.165, 1.54) is 28.8 Å². The second-order valence-electron chi connectivity index (χ2n) is 7.25. The molecule has 0 aliphatic rings. The van der Waals surface area contributed by atoms with E-state index in [1.807, 2.05) is 0 Å². The van der Waals surface area contributed by atoms with E-state index in [2.05, 4.69) is 10.3 Å². The lowest BCUT2D eigenvalue weighted by Gasteiger charge is -2.12. The zero-order valence-electron chi connectivity index (χ0n) is 17.0. The van der Waals surface area contributed by atoms with E-state index in [4.69, 9.17) is 11.6 Å². The molecule has 0 spiro atoms. The van der Waals surface area contributed by atoms with Gasteiger partial charge in [0.2, 0.25) is 0 Å². The first kappa shape index (κ1) is 21.5. The molecule has 4 rings (SSSR count). The van der Waals surface area contributed by atoms with Crippen molar-refractivity contribution in [3.63, 3.8) is 0 Å². The maximum Gasteiger partial charge on any atom is 0.331 e. The highest BCUT2D eigenvalue weighted by Gasteiger charge is 2.15. The first-order valence-corrected chi connectivity index (χ1v) is 10.1. The topological polar surface area (TPSA) is 86.0 Å². The highest BCUT2D eigenvalue weighted by Crippen LogP contribution is 2.17. The van der Waals surface area contributed by atoms with Crippen molar-refractivity contribution < 1.29 is 9.18 Å². The van der Waals surface area contributed by atoms with Crippen molar-refractivity contribution in [1.82, 2.24) is 19.4 Å². The van der Waals surface area contributed by atoms with E-state index in [9.17, 15) is 18.8 Å². The number of pyridine rings is 1. The highest BCUT2D eigenvalue weighted by atomic mass is 35.5. The lowest BCUT2D eigenvalue weighted by molar-refractivity contribution is 0.0951. The number of aryl methyl sites for hydroxylation is 1. The number of carbonyl (C=O) groups excluding carboxylic acids is 1. The summed E-state index contributed by atoms with van der Waals surface area (Å²) in [6.45, 7) is 0.224. The minimum Gasteiger partial charge on any atom is -0.348 e. The Morgan fingerprint density at radius 3 is 2.53 bits per heavy atom. The Balaban J connectivity index is 1.70. The molecule has 9 heteroatoms. The number of halogens is 2. The lowest BCUT2D eigenvalue weighted by Crippen LogP contribution is -2.39. The summed E-state index contributed by atoms with van der Waals surface area (Å²) in [4.78, 5) is 42.4. The number of benzene rings is 2. The minimum absolute atomic E-state index is 0.0834. The molecule has 0 atom stereocenters. The third-order valence-electron chi connectivity index (χ3n) is 5.14. The SMILES string of the molecule is Cn1c(=O)n(Cc2ccc(F)c(Cl)c2)c(=O)c2cc(C(=O)NCc3ccncc3)ccc21. The van der Waals surface area contributed by atoms with Crippen LogP contribution in [0, 0.1) is 5.82 Å². The van der Waals surface area contributed by atoms with Crippen LogP contribution in [0.3, 0.4) is 0 Å². The summed E-state index contributed by atoms with van der Waals surface area (Å²) in [6.07, 6.45) is 3.27. The van der Waals surface area contributed by atoms with Crippen LogP contribution in [-0.2, 0) is 20.1 Å². The number of rotatable bonds is 5. The molecule has 0 radical (unpaired) electrons. The third kappa shape index (κ3) is 4.17. The second-order valence-corrected chi connectivity index (χ2v) is 7.66. The molecule has 2 aromatic heterocycles. The van der Waals surface area contributed by atoms with Gasteiger partial charge in [-0.3, -0.25) is 23.7 Å². The molecule has 0 unspecified atom stereocenters. The van der Waals surface area contributed by atoms with Crippen LogP contribution in [0.2, 0.25) is 5.02 Å². The van der Waals surface area contributed by atoms with Crippen LogP contribution in [0.15, 0.2) is 70.5 Å². The van der Waals surface area contributed by atoms with Crippen LogP contribution in [0.5, 0.6) is 0 Å². The van der Waals surface area contributed by atoms with Gasteiger partial charge in [0.1, 0.15) is 5.82 Å². The fourth-order valence-electron chi connectivity index (χ4n) is 3.40. The van der Waals surface area contributed by atoms with Gasteiger partial charge in [0, 0.05) is 31.5 Å². The number of amides is 1. The van der Waals surface area contributed by atoms with Gasteiger partial charge in [0.05, 0.1) is 22.5 Å². The van der Waals surface area contributed by atoms with Crippen LogP contribution >= 0.6 is 11.6 Å². The number of hydrogen-bond acceptors (Lipinski definition) is 4. The zero-order valence-corrected chi connectivity index (χ0v) is 17.8. The smallest absolute Gasteiger partial charge is 0.331 e. The summed E-state index contributed by atoms with van der Waals surface area (Å²) in [7, 11) is 1.54. The third-order valence-corrected chi connectivity index (χ3v) is 5.43. The average Bonchev–Trinajstić information content (AvgIpc) is 2.81. The summed E-state index contributed by atoms with van der Waals surface area (Å²) in [5, 5.41) is 2.92. The molecule has 162 valence electrons.